The lowest BCUT2D eigenvalue weighted by atomic mass is 10.0. The average Bonchev–Trinajstić information content (AvgIpc) is 2.60. The predicted molar refractivity (Wildman–Crippen MR) is 115 cm³/mol. The number of rotatable bonds is 9. The van der Waals surface area contributed by atoms with E-state index in [2.05, 4.69) is 26.8 Å². The van der Waals surface area contributed by atoms with Crippen LogP contribution in [0.1, 0.15) is 47.0 Å². The molecule has 150 valence electrons. The lowest BCUT2D eigenvalue weighted by Gasteiger charge is -2.09. The second-order valence-corrected chi connectivity index (χ2v) is 7.42. The van der Waals surface area contributed by atoms with E-state index in [0.717, 1.165) is 23.8 Å². The van der Waals surface area contributed by atoms with Crippen molar-refractivity contribution in [2.75, 3.05) is 6.61 Å². The minimum absolute atomic E-state index is 0.376. The van der Waals surface area contributed by atoms with Gasteiger partial charge in [-0.1, -0.05) is 28.9 Å². The van der Waals surface area contributed by atoms with Gasteiger partial charge in [0.15, 0.2) is 0 Å². The molecule has 0 radical (unpaired) electrons. The second kappa shape index (κ2) is 10.7. The van der Waals surface area contributed by atoms with Crippen LogP contribution in [-0.4, -0.2) is 17.8 Å². The molecule has 1 aromatic heterocycles. The Balaban J connectivity index is 1.85. The molecule has 0 aliphatic rings. The topological polar surface area (TPSA) is 59.7 Å². The molecule has 0 aliphatic carbocycles. The lowest BCUT2D eigenvalue weighted by Crippen LogP contribution is -2.05. The zero-order valence-electron chi connectivity index (χ0n) is 17.2. The van der Waals surface area contributed by atoms with Crippen LogP contribution in [0.3, 0.4) is 0 Å². The summed E-state index contributed by atoms with van der Waals surface area (Å²) in [4.78, 5) is 11.3. The highest BCUT2D eigenvalue weighted by Gasteiger charge is 2.03. The van der Waals surface area contributed by atoms with Gasteiger partial charge in [0.25, 0.3) is 0 Å². The molecule has 2 aromatic rings. The molecule has 1 aromatic carbocycles. The smallest absolute Gasteiger partial charge is 0.336 e. The first-order valence-electron chi connectivity index (χ1n) is 9.64. The predicted octanol–water partition coefficient (Wildman–Crippen LogP) is 5.56. The SMILES string of the molecule is CC(C)=CCCC(C)=C[C@H](O)CC(C)=CCOc1ccc2ccc(=O)oc2c1. The first kappa shape index (κ1) is 21.7. The summed E-state index contributed by atoms with van der Waals surface area (Å²) in [5, 5.41) is 11.1. The fourth-order valence-corrected chi connectivity index (χ4v) is 2.88. The molecule has 2 rings (SSSR count). The Labute approximate surface area is 166 Å². The molecule has 0 spiro atoms. The van der Waals surface area contributed by atoms with Crippen molar-refractivity contribution in [3.8, 4) is 5.75 Å². The summed E-state index contributed by atoms with van der Waals surface area (Å²) in [6.45, 7) is 8.63. The highest BCUT2D eigenvalue weighted by Crippen LogP contribution is 2.19. The van der Waals surface area contributed by atoms with Crippen molar-refractivity contribution < 1.29 is 14.3 Å². The van der Waals surface area contributed by atoms with Crippen molar-refractivity contribution in [2.45, 2.75) is 53.1 Å². The van der Waals surface area contributed by atoms with Crippen molar-refractivity contribution >= 4 is 11.0 Å². The fraction of sp³-hybridized carbons (Fsp3) is 0.375. The zero-order chi connectivity index (χ0) is 20.5. The summed E-state index contributed by atoms with van der Waals surface area (Å²) >= 11 is 0. The molecular weight excluding hydrogens is 352 g/mol. The molecule has 0 saturated heterocycles. The third kappa shape index (κ3) is 7.57. The molecule has 0 fully saturated rings. The number of aliphatic hydroxyl groups is 1. The largest absolute Gasteiger partial charge is 0.489 e. The minimum atomic E-state index is -0.488. The maximum atomic E-state index is 11.3. The molecule has 0 unspecified atom stereocenters. The molecular formula is C24H30O4. The Kier molecular flexibility index (Phi) is 8.27. The normalized spacial score (nSPS) is 13.5. The third-order valence-corrected chi connectivity index (χ3v) is 4.38. The van der Waals surface area contributed by atoms with Crippen molar-refractivity contribution in [1.29, 1.82) is 0 Å². The van der Waals surface area contributed by atoms with Gasteiger partial charge < -0.3 is 14.3 Å². The van der Waals surface area contributed by atoms with E-state index in [-0.39, 0.29) is 5.63 Å². The number of hydrogen-bond donors (Lipinski definition) is 1. The highest BCUT2D eigenvalue weighted by molar-refractivity contribution is 5.77. The molecule has 4 heteroatoms. The average molecular weight is 383 g/mol. The molecule has 1 heterocycles. The summed E-state index contributed by atoms with van der Waals surface area (Å²) in [6.07, 6.45) is 8.17. The summed E-state index contributed by atoms with van der Waals surface area (Å²) in [5.41, 5.74) is 3.72. The zero-order valence-corrected chi connectivity index (χ0v) is 17.2. The van der Waals surface area contributed by atoms with Gasteiger partial charge in [0.05, 0.1) is 6.10 Å². The first-order valence-corrected chi connectivity index (χ1v) is 9.64. The van der Waals surface area contributed by atoms with Crippen LogP contribution in [0.2, 0.25) is 0 Å². The van der Waals surface area contributed by atoms with E-state index in [4.69, 9.17) is 9.15 Å². The number of fused-ring (bicyclic) bond motifs is 1. The molecule has 0 saturated carbocycles. The Bertz CT molecular complexity index is 927. The molecule has 1 N–H and O–H groups in total. The van der Waals surface area contributed by atoms with Crippen molar-refractivity contribution in [3.05, 3.63) is 75.7 Å². The van der Waals surface area contributed by atoms with Crippen LogP contribution < -0.4 is 10.4 Å². The Morgan fingerprint density at radius 2 is 1.86 bits per heavy atom. The van der Waals surface area contributed by atoms with E-state index in [1.807, 2.05) is 31.2 Å². The lowest BCUT2D eigenvalue weighted by molar-refractivity contribution is 0.222. The first-order chi connectivity index (χ1) is 13.3. The second-order valence-electron chi connectivity index (χ2n) is 7.42. The number of hydrogen-bond acceptors (Lipinski definition) is 4. The van der Waals surface area contributed by atoms with Crippen molar-refractivity contribution in [3.63, 3.8) is 0 Å². The Morgan fingerprint density at radius 1 is 1.11 bits per heavy atom. The fourth-order valence-electron chi connectivity index (χ4n) is 2.88. The van der Waals surface area contributed by atoms with Crippen LogP contribution in [0.25, 0.3) is 11.0 Å². The van der Waals surface area contributed by atoms with Crippen LogP contribution in [0.5, 0.6) is 5.75 Å². The molecule has 1 atom stereocenters. The van der Waals surface area contributed by atoms with Crippen LogP contribution >= 0.6 is 0 Å². The van der Waals surface area contributed by atoms with Crippen LogP contribution in [0, 0.1) is 0 Å². The van der Waals surface area contributed by atoms with Gasteiger partial charge >= 0.3 is 5.63 Å². The number of aliphatic hydroxyl groups excluding tert-OH is 1. The number of ether oxygens (including phenoxy) is 1. The van der Waals surface area contributed by atoms with E-state index < -0.39 is 6.10 Å². The van der Waals surface area contributed by atoms with Crippen molar-refractivity contribution in [2.24, 2.45) is 0 Å². The maximum Gasteiger partial charge on any atom is 0.336 e. The summed E-state index contributed by atoms with van der Waals surface area (Å²) in [6, 6.07) is 8.55. The quantitative estimate of drug-likeness (QED) is 0.455. The van der Waals surface area contributed by atoms with E-state index in [1.54, 1.807) is 12.1 Å². The number of allylic oxidation sites excluding steroid dienone is 3. The van der Waals surface area contributed by atoms with E-state index in [0.29, 0.717) is 24.4 Å². The standard InChI is InChI=1S/C24H30O4/c1-17(2)6-5-7-18(3)14-21(25)15-19(4)12-13-27-22-10-8-20-9-11-24(26)28-23(20)16-22/h6,8-12,14,16,21,25H,5,7,13,15H2,1-4H3/t21-/m0/s1. The summed E-state index contributed by atoms with van der Waals surface area (Å²) in [7, 11) is 0. The number of benzene rings is 1. The highest BCUT2D eigenvalue weighted by atomic mass is 16.5. The van der Waals surface area contributed by atoms with Gasteiger partial charge in [0.1, 0.15) is 17.9 Å². The Morgan fingerprint density at radius 3 is 2.61 bits per heavy atom. The summed E-state index contributed by atoms with van der Waals surface area (Å²) < 4.78 is 10.9. The van der Waals surface area contributed by atoms with Gasteiger partial charge in [-0.3, -0.25) is 0 Å². The molecule has 0 bridgehead atoms. The van der Waals surface area contributed by atoms with Gasteiger partial charge in [-0.25, -0.2) is 4.79 Å². The van der Waals surface area contributed by atoms with Gasteiger partial charge in [-0.05, 0) is 71.2 Å². The van der Waals surface area contributed by atoms with Gasteiger partial charge in [-0.2, -0.15) is 0 Å². The minimum Gasteiger partial charge on any atom is -0.489 e. The molecule has 0 amide bonds. The van der Waals surface area contributed by atoms with Gasteiger partial charge in [0.2, 0.25) is 0 Å². The Hall–Kier alpha value is -2.59. The monoisotopic (exact) mass is 382 g/mol. The van der Waals surface area contributed by atoms with Crippen molar-refractivity contribution in [1.82, 2.24) is 0 Å². The molecule has 4 nitrogen and oxygen atoms in total. The maximum absolute atomic E-state index is 11.3. The third-order valence-electron chi connectivity index (χ3n) is 4.38. The molecule has 28 heavy (non-hydrogen) atoms. The summed E-state index contributed by atoms with van der Waals surface area (Å²) in [5.74, 6) is 0.640. The van der Waals surface area contributed by atoms with E-state index in [9.17, 15) is 9.90 Å². The van der Waals surface area contributed by atoms with E-state index in [1.165, 1.54) is 17.2 Å². The van der Waals surface area contributed by atoms with Gasteiger partial charge in [0, 0.05) is 17.5 Å². The van der Waals surface area contributed by atoms with Crippen LogP contribution in [-0.2, 0) is 0 Å². The van der Waals surface area contributed by atoms with Crippen LogP contribution in [0.15, 0.2) is 74.5 Å². The molecule has 0 aliphatic heterocycles. The van der Waals surface area contributed by atoms with Gasteiger partial charge in [-0.15, -0.1) is 0 Å². The van der Waals surface area contributed by atoms with E-state index >= 15 is 0 Å². The van der Waals surface area contributed by atoms with Crippen LogP contribution in [0.4, 0.5) is 0 Å².